The molecule has 1 aromatic rings. The molecule has 5 heteroatoms. The van der Waals surface area contributed by atoms with E-state index in [9.17, 15) is 4.79 Å². The molecule has 2 heterocycles. The summed E-state index contributed by atoms with van der Waals surface area (Å²) in [4.78, 5) is 14.9. The lowest BCUT2D eigenvalue weighted by molar-refractivity contribution is 0.0922. The third-order valence-corrected chi connectivity index (χ3v) is 5.54. The molecule has 1 N–H and O–H groups in total. The molecule has 1 amide bonds. The van der Waals surface area contributed by atoms with E-state index >= 15 is 0 Å². The van der Waals surface area contributed by atoms with Crippen molar-refractivity contribution < 1.29 is 9.32 Å². The van der Waals surface area contributed by atoms with Crippen LogP contribution >= 0.6 is 0 Å². The number of likely N-dealkylation sites (tertiary alicyclic amines) is 1. The molecule has 1 unspecified atom stereocenters. The molecule has 22 heavy (non-hydrogen) atoms. The van der Waals surface area contributed by atoms with E-state index in [4.69, 9.17) is 4.52 Å². The highest BCUT2D eigenvalue weighted by molar-refractivity contribution is 5.92. The lowest BCUT2D eigenvalue weighted by Gasteiger charge is -2.16. The van der Waals surface area contributed by atoms with Gasteiger partial charge in [-0.15, -0.1) is 0 Å². The summed E-state index contributed by atoms with van der Waals surface area (Å²) in [6.07, 6.45) is 7.47. The summed E-state index contributed by atoms with van der Waals surface area (Å²) >= 11 is 0. The Labute approximate surface area is 131 Å². The minimum atomic E-state index is -0.0810. The number of nitrogens with zero attached hydrogens (tertiary/aromatic N) is 2. The molecule has 3 aliphatic rings. The normalized spacial score (nSPS) is 30.0. The van der Waals surface area contributed by atoms with Crippen LogP contribution in [0.1, 0.15) is 67.6 Å². The van der Waals surface area contributed by atoms with E-state index in [0.717, 1.165) is 37.7 Å². The second-order valence-corrected chi connectivity index (χ2v) is 7.34. The van der Waals surface area contributed by atoms with Crippen LogP contribution in [0.2, 0.25) is 0 Å². The monoisotopic (exact) mass is 303 g/mol. The highest BCUT2D eigenvalue weighted by Gasteiger charge is 2.39. The fourth-order valence-corrected chi connectivity index (χ4v) is 3.97. The summed E-state index contributed by atoms with van der Waals surface area (Å²) in [5, 5.41) is 7.15. The van der Waals surface area contributed by atoms with Gasteiger partial charge in [0.05, 0.1) is 0 Å². The Morgan fingerprint density at radius 3 is 2.77 bits per heavy atom. The second-order valence-electron chi connectivity index (χ2n) is 7.34. The average Bonchev–Trinajstić information content (AvgIpc) is 2.94. The van der Waals surface area contributed by atoms with Crippen molar-refractivity contribution in [2.45, 2.75) is 63.5 Å². The standard InChI is InChI=1S/C17H25N3O2/c1-11-9-20(13-6-7-13)10-15(11)18-17(21)14-8-16(22-19-14)12-4-2-3-5-12/h8,11-13,15H,2-7,9-10H2,1H3,(H,18,21)/t11-,15?/m0/s1. The van der Waals surface area contributed by atoms with Gasteiger partial charge in [-0.1, -0.05) is 24.9 Å². The molecule has 1 saturated heterocycles. The number of nitrogens with one attached hydrogen (secondary N) is 1. The highest BCUT2D eigenvalue weighted by atomic mass is 16.5. The molecule has 1 aliphatic heterocycles. The van der Waals surface area contributed by atoms with Crippen molar-refractivity contribution in [3.8, 4) is 0 Å². The van der Waals surface area contributed by atoms with Crippen LogP contribution in [0.15, 0.2) is 10.6 Å². The van der Waals surface area contributed by atoms with Crippen LogP contribution in [0.5, 0.6) is 0 Å². The van der Waals surface area contributed by atoms with Crippen LogP contribution in [-0.4, -0.2) is 41.1 Å². The van der Waals surface area contributed by atoms with Gasteiger partial charge in [-0.25, -0.2) is 0 Å². The fraction of sp³-hybridized carbons (Fsp3) is 0.765. The van der Waals surface area contributed by atoms with E-state index in [0.29, 0.717) is 17.5 Å². The molecule has 0 spiro atoms. The number of rotatable bonds is 4. The Kier molecular flexibility index (Phi) is 3.68. The maximum Gasteiger partial charge on any atom is 0.273 e. The van der Waals surface area contributed by atoms with Crippen molar-refractivity contribution in [3.05, 3.63) is 17.5 Å². The van der Waals surface area contributed by atoms with Gasteiger partial charge in [0.25, 0.3) is 5.91 Å². The molecule has 2 saturated carbocycles. The first kappa shape index (κ1) is 14.2. The predicted molar refractivity (Wildman–Crippen MR) is 82.7 cm³/mol. The van der Waals surface area contributed by atoms with Gasteiger partial charge >= 0.3 is 0 Å². The third kappa shape index (κ3) is 2.78. The van der Waals surface area contributed by atoms with Gasteiger partial charge in [-0.2, -0.15) is 0 Å². The summed E-state index contributed by atoms with van der Waals surface area (Å²) in [5.74, 6) is 1.78. The van der Waals surface area contributed by atoms with Crippen LogP contribution in [0, 0.1) is 5.92 Å². The molecule has 4 rings (SSSR count). The van der Waals surface area contributed by atoms with Gasteiger partial charge in [0.15, 0.2) is 5.69 Å². The number of carbonyl (C=O) groups excluding carboxylic acids is 1. The number of hydrogen-bond acceptors (Lipinski definition) is 4. The Balaban J connectivity index is 1.37. The summed E-state index contributed by atoms with van der Waals surface area (Å²) < 4.78 is 5.41. The lowest BCUT2D eigenvalue weighted by atomic mass is 10.0. The molecular weight excluding hydrogens is 278 g/mol. The van der Waals surface area contributed by atoms with Crippen LogP contribution in [-0.2, 0) is 0 Å². The molecule has 1 aromatic heterocycles. The summed E-state index contributed by atoms with van der Waals surface area (Å²) in [6, 6.07) is 2.86. The molecule has 0 bridgehead atoms. The molecule has 0 radical (unpaired) electrons. The van der Waals surface area contributed by atoms with Crippen molar-refractivity contribution >= 4 is 5.91 Å². The SMILES string of the molecule is C[C@H]1CN(C2CC2)CC1NC(=O)c1cc(C2CCCC2)on1. The molecule has 2 atom stereocenters. The van der Waals surface area contributed by atoms with Crippen LogP contribution in [0.25, 0.3) is 0 Å². The van der Waals surface area contributed by atoms with E-state index in [2.05, 4.69) is 22.3 Å². The quantitative estimate of drug-likeness (QED) is 0.928. The summed E-state index contributed by atoms with van der Waals surface area (Å²) in [6.45, 7) is 4.30. The number of amides is 1. The van der Waals surface area contributed by atoms with Crippen molar-refractivity contribution in [1.29, 1.82) is 0 Å². The highest BCUT2D eigenvalue weighted by Crippen LogP contribution is 2.34. The zero-order chi connectivity index (χ0) is 15.1. The lowest BCUT2D eigenvalue weighted by Crippen LogP contribution is -2.40. The maximum absolute atomic E-state index is 12.4. The minimum Gasteiger partial charge on any atom is -0.360 e. The Morgan fingerprint density at radius 2 is 2.05 bits per heavy atom. The number of aromatic nitrogens is 1. The van der Waals surface area contributed by atoms with Gasteiger partial charge in [-0.3, -0.25) is 9.69 Å². The second kappa shape index (κ2) is 5.69. The smallest absolute Gasteiger partial charge is 0.273 e. The summed E-state index contributed by atoms with van der Waals surface area (Å²) in [7, 11) is 0. The van der Waals surface area contributed by atoms with Gasteiger partial charge in [0.2, 0.25) is 0 Å². The Bertz CT molecular complexity index is 546. The first-order valence-electron chi connectivity index (χ1n) is 8.72. The average molecular weight is 303 g/mol. The van der Waals surface area contributed by atoms with E-state index in [1.165, 1.54) is 25.7 Å². The topological polar surface area (TPSA) is 58.4 Å². The zero-order valence-corrected chi connectivity index (χ0v) is 13.3. The number of hydrogen-bond donors (Lipinski definition) is 1. The largest absolute Gasteiger partial charge is 0.360 e. The molecule has 0 aromatic carbocycles. The first-order valence-corrected chi connectivity index (χ1v) is 8.72. The minimum absolute atomic E-state index is 0.0810. The molecule has 120 valence electrons. The van der Waals surface area contributed by atoms with E-state index in [-0.39, 0.29) is 11.9 Å². The van der Waals surface area contributed by atoms with Crippen LogP contribution in [0.3, 0.4) is 0 Å². The van der Waals surface area contributed by atoms with Gasteiger partial charge in [-0.05, 0) is 31.6 Å². The summed E-state index contributed by atoms with van der Waals surface area (Å²) in [5.41, 5.74) is 0.443. The van der Waals surface area contributed by atoms with Crippen molar-refractivity contribution in [2.24, 2.45) is 5.92 Å². The van der Waals surface area contributed by atoms with Gasteiger partial charge in [0, 0.05) is 37.2 Å². The predicted octanol–water partition coefficient (Wildman–Crippen LogP) is 2.54. The van der Waals surface area contributed by atoms with E-state index in [1.54, 1.807) is 0 Å². The van der Waals surface area contributed by atoms with Crippen LogP contribution < -0.4 is 5.32 Å². The first-order chi connectivity index (χ1) is 10.7. The molecule has 2 aliphatic carbocycles. The molecule has 5 nitrogen and oxygen atoms in total. The van der Waals surface area contributed by atoms with Gasteiger partial charge in [0.1, 0.15) is 5.76 Å². The maximum atomic E-state index is 12.4. The van der Waals surface area contributed by atoms with E-state index in [1.807, 2.05) is 6.07 Å². The Morgan fingerprint density at radius 1 is 1.27 bits per heavy atom. The van der Waals surface area contributed by atoms with Crippen molar-refractivity contribution in [2.75, 3.05) is 13.1 Å². The fourth-order valence-electron chi connectivity index (χ4n) is 3.97. The van der Waals surface area contributed by atoms with Gasteiger partial charge < -0.3 is 9.84 Å². The third-order valence-electron chi connectivity index (χ3n) is 5.54. The number of carbonyl (C=O) groups is 1. The molecular formula is C17H25N3O2. The Hall–Kier alpha value is -1.36. The van der Waals surface area contributed by atoms with Crippen molar-refractivity contribution in [3.63, 3.8) is 0 Å². The van der Waals surface area contributed by atoms with Crippen molar-refractivity contribution in [1.82, 2.24) is 15.4 Å². The van der Waals surface area contributed by atoms with Crippen LogP contribution in [0.4, 0.5) is 0 Å². The molecule has 3 fully saturated rings. The zero-order valence-electron chi connectivity index (χ0n) is 13.3. The van der Waals surface area contributed by atoms with E-state index < -0.39 is 0 Å².